The molecule has 2 nitrogen and oxygen atoms in total. The number of hydrogen-bond acceptors (Lipinski definition) is 2. The number of para-hydroxylation sites is 2. The van der Waals surface area contributed by atoms with Gasteiger partial charge >= 0.3 is 0 Å². The van der Waals surface area contributed by atoms with Crippen molar-refractivity contribution in [2.45, 2.75) is 51.2 Å². The first-order valence-corrected chi connectivity index (χ1v) is 13.9. The van der Waals surface area contributed by atoms with Gasteiger partial charge in [0.15, 0.2) is 0 Å². The predicted molar refractivity (Wildman–Crippen MR) is 121 cm³/mol. The molecule has 0 radical (unpaired) electrons. The number of hydrogen-bond donors (Lipinski definition) is 0. The van der Waals surface area contributed by atoms with Crippen molar-refractivity contribution >= 4 is 35.2 Å². The maximum atomic E-state index is 6.56. The van der Waals surface area contributed by atoms with Crippen molar-refractivity contribution in [1.29, 1.82) is 0 Å². The van der Waals surface area contributed by atoms with Crippen LogP contribution in [0.5, 0.6) is 0 Å². The molecule has 1 aliphatic carbocycles. The number of furan rings is 1. The van der Waals surface area contributed by atoms with Crippen LogP contribution in [0.1, 0.15) is 37.2 Å². The predicted octanol–water partition coefficient (Wildman–Crippen LogP) is 6.85. The third-order valence-electron chi connectivity index (χ3n) is 6.22. The number of fused-ring (bicyclic) bond motifs is 3. The van der Waals surface area contributed by atoms with Gasteiger partial charge in [-0.1, -0.05) is 62.8 Å². The first-order valence-electron chi connectivity index (χ1n) is 10.4. The van der Waals surface area contributed by atoms with Gasteiger partial charge in [0.1, 0.15) is 11.2 Å². The molecule has 28 heavy (non-hydrogen) atoms. The van der Waals surface area contributed by atoms with E-state index in [0.717, 1.165) is 22.4 Å². The number of nitrogens with zero attached hydrogens (tertiary/aromatic N) is 1. The molecule has 0 saturated heterocycles. The minimum atomic E-state index is -1.49. The van der Waals surface area contributed by atoms with Crippen molar-refractivity contribution in [3.63, 3.8) is 0 Å². The largest absolute Gasteiger partial charge is 0.455 e. The first kappa shape index (κ1) is 17.7. The second kappa shape index (κ2) is 6.59. The maximum absolute atomic E-state index is 6.56. The van der Waals surface area contributed by atoms with Crippen LogP contribution in [0.25, 0.3) is 33.2 Å². The van der Waals surface area contributed by atoms with Gasteiger partial charge in [0.25, 0.3) is 0 Å². The van der Waals surface area contributed by atoms with E-state index >= 15 is 0 Å². The molecule has 0 bridgehead atoms. The van der Waals surface area contributed by atoms with Crippen LogP contribution >= 0.6 is 0 Å². The Balaban J connectivity index is 1.72. The van der Waals surface area contributed by atoms with E-state index in [1.54, 1.807) is 0 Å². The van der Waals surface area contributed by atoms with E-state index in [4.69, 9.17) is 9.40 Å². The van der Waals surface area contributed by atoms with Gasteiger partial charge in [0, 0.05) is 22.5 Å². The van der Waals surface area contributed by atoms with Gasteiger partial charge in [-0.05, 0) is 47.7 Å². The van der Waals surface area contributed by atoms with Gasteiger partial charge in [-0.2, -0.15) is 0 Å². The summed E-state index contributed by atoms with van der Waals surface area (Å²) in [5.74, 6) is 0.690. The highest BCUT2D eigenvalue weighted by Gasteiger charge is 2.24. The highest BCUT2D eigenvalue weighted by atomic mass is 28.3. The van der Waals surface area contributed by atoms with Crippen LogP contribution in [0.2, 0.25) is 19.6 Å². The minimum absolute atomic E-state index is 0.690. The lowest BCUT2D eigenvalue weighted by Crippen LogP contribution is -2.37. The Morgan fingerprint density at radius 3 is 2.36 bits per heavy atom. The zero-order valence-corrected chi connectivity index (χ0v) is 18.0. The molecule has 0 atom stereocenters. The topological polar surface area (TPSA) is 26.0 Å². The monoisotopic (exact) mass is 385 g/mol. The van der Waals surface area contributed by atoms with Gasteiger partial charge in [0.2, 0.25) is 0 Å². The van der Waals surface area contributed by atoms with E-state index < -0.39 is 8.07 Å². The number of rotatable bonds is 3. The van der Waals surface area contributed by atoms with Crippen molar-refractivity contribution in [3.8, 4) is 11.3 Å². The minimum Gasteiger partial charge on any atom is -0.455 e. The van der Waals surface area contributed by atoms with Crippen LogP contribution < -0.4 is 5.19 Å². The van der Waals surface area contributed by atoms with Crippen molar-refractivity contribution in [2.24, 2.45) is 0 Å². The fraction of sp³-hybridized carbons (Fsp3) is 0.320. The molecule has 1 fully saturated rings. The fourth-order valence-corrected chi connectivity index (χ4v) is 6.18. The molecule has 0 N–H and O–H groups in total. The Labute approximate surface area is 167 Å². The second-order valence-electron chi connectivity index (χ2n) is 9.17. The molecule has 2 aromatic heterocycles. The quantitative estimate of drug-likeness (QED) is 0.360. The Morgan fingerprint density at radius 1 is 0.893 bits per heavy atom. The number of aromatic nitrogens is 1. The van der Waals surface area contributed by atoms with Crippen LogP contribution in [0.3, 0.4) is 0 Å². The Hall–Kier alpha value is -2.39. The summed E-state index contributed by atoms with van der Waals surface area (Å²) in [5.41, 5.74) is 5.60. The molecule has 0 amide bonds. The Bertz CT molecular complexity index is 1160. The lowest BCUT2D eigenvalue weighted by Gasteiger charge is -2.16. The van der Waals surface area contributed by atoms with Crippen LogP contribution in [0.15, 0.2) is 59.1 Å². The van der Waals surface area contributed by atoms with Gasteiger partial charge in [-0.3, -0.25) is 4.98 Å². The number of benzene rings is 2. The Kier molecular flexibility index (Phi) is 4.16. The summed E-state index contributed by atoms with van der Waals surface area (Å²) in [7, 11) is -1.49. The molecule has 142 valence electrons. The van der Waals surface area contributed by atoms with Crippen LogP contribution in [0, 0.1) is 0 Å². The normalized spacial score (nSPS) is 15.7. The van der Waals surface area contributed by atoms with Crippen molar-refractivity contribution < 1.29 is 4.42 Å². The molecular formula is C25H27NOSi. The SMILES string of the molecule is C[Si](C)(C)c1cccc2c1oc1c(-c3cc(C4CCCC4)ccn3)cccc12. The van der Waals surface area contributed by atoms with E-state index in [1.807, 2.05) is 6.20 Å². The Morgan fingerprint density at radius 2 is 1.61 bits per heavy atom. The molecule has 2 heterocycles. The van der Waals surface area contributed by atoms with Gasteiger partial charge in [-0.15, -0.1) is 0 Å². The third-order valence-corrected chi connectivity index (χ3v) is 8.23. The first-order chi connectivity index (χ1) is 13.5. The van der Waals surface area contributed by atoms with Crippen LogP contribution in [0.4, 0.5) is 0 Å². The highest BCUT2D eigenvalue weighted by Crippen LogP contribution is 2.38. The maximum Gasteiger partial charge on any atom is 0.144 e. The summed E-state index contributed by atoms with van der Waals surface area (Å²) < 4.78 is 6.56. The number of pyridine rings is 1. The van der Waals surface area contributed by atoms with E-state index in [9.17, 15) is 0 Å². The zero-order valence-electron chi connectivity index (χ0n) is 17.0. The highest BCUT2D eigenvalue weighted by molar-refractivity contribution is 6.90. The molecule has 1 aliphatic rings. The molecule has 0 spiro atoms. The molecular weight excluding hydrogens is 358 g/mol. The van der Waals surface area contributed by atoms with Crippen LogP contribution in [-0.4, -0.2) is 13.1 Å². The summed E-state index contributed by atoms with van der Waals surface area (Å²) in [6.45, 7) is 7.13. The molecule has 3 heteroatoms. The summed E-state index contributed by atoms with van der Waals surface area (Å²) in [5, 5.41) is 3.81. The zero-order chi connectivity index (χ0) is 19.3. The molecule has 4 aromatic rings. The third kappa shape index (κ3) is 2.89. The second-order valence-corrected chi connectivity index (χ2v) is 14.2. The van der Waals surface area contributed by atoms with Crippen molar-refractivity contribution in [3.05, 3.63) is 60.3 Å². The molecule has 0 unspecified atom stereocenters. The summed E-state index contributed by atoms with van der Waals surface area (Å²) in [6, 6.07) is 17.6. The lowest BCUT2D eigenvalue weighted by atomic mass is 9.96. The van der Waals surface area contributed by atoms with Crippen molar-refractivity contribution in [2.75, 3.05) is 0 Å². The van der Waals surface area contributed by atoms with E-state index in [0.29, 0.717) is 5.92 Å². The van der Waals surface area contributed by atoms with Gasteiger partial charge < -0.3 is 4.42 Å². The van der Waals surface area contributed by atoms with E-state index in [-0.39, 0.29) is 0 Å². The standard InChI is InChI=1S/C25H27NOSi/c1-28(2,3)23-13-7-11-20-19-10-6-12-21(24(19)27-25(20)23)22-16-18(14-15-26-22)17-8-4-5-9-17/h6-7,10-17H,4-5,8-9H2,1-3H3. The van der Waals surface area contributed by atoms with Gasteiger partial charge in [-0.25, -0.2) is 0 Å². The average molecular weight is 386 g/mol. The van der Waals surface area contributed by atoms with Crippen LogP contribution in [-0.2, 0) is 0 Å². The molecule has 5 rings (SSSR count). The fourth-order valence-electron chi connectivity index (χ4n) is 4.72. The summed E-state index contributed by atoms with van der Waals surface area (Å²) in [4.78, 5) is 4.72. The average Bonchev–Trinajstić information content (AvgIpc) is 3.35. The lowest BCUT2D eigenvalue weighted by molar-refractivity contribution is 0.672. The smallest absolute Gasteiger partial charge is 0.144 e. The molecule has 0 aliphatic heterocycles. The van der Waals surface area contributed by atoms with Gasteiger partial charge in [0.05, 0.1) is 13.8 Å². The molecule has 2 aromatic carbocycles. The summed E-state index contributed by atoms with van der Waals surface area (Å²) in [6.07, 6.45) is 7.27. The molecule has 1 saturated carbocycles. The van der Waals surface area contributed by atoms with Crippen molar-refractivity contribution in [1.82, 2.24) is 4.98 Å². The summed E-state index contributed by atoms with van der Waals surface area (Å²) >= 11 is 0. The van der Waals surface area contributed by atoms with E-state index in [2.05, 4.69) is 68.2 Å². The van der Waals surface area contributed by atoms with E-state index in [1.165, 1.54) is 47.2 Å².